The van der Waals surface area contributed by atoms with Gasteiger partial charge in [0.25, 0.3) is 0 Å². The van der Waals surface area contributed by atoms with Crippen molar-refractivity contribution < 1.29 is 0 Å². The highest BCUT2D eigenvalue weighted by molar-refractivity contribution is 9.10. The molecule has 0 saturated heterocycles. The van der Waals surface area contributed by atoms with E-state index in [2.05, 4.69) is 45.7 Å². The first-order valence-corrected chi connectivity index (χ1v) is 9.88. The molecule has 0 radical (unpaired) electrons. The highest BCUT2D eigenvalue weighted by Crippen LogP contribution is 2.36. The maximum absolute atomic E-state index is 6.43. The molecule has 0 fully saturated rings. The first-order chi connectivity index (χ1) is 12.0. The van der Waals surface area contributed by atoms with Crippen molar-refractivity contribution in [2.24, 2.45) is 7.05 Å². The fourth-order valence-electron chi connectivity index (χ4n) is 3.20. The van der Waals surface area contributed by atoms with E-state index in [4.69, 9.17) is 28.2 Å². The molecule has 132 valence electrons. The molecular weight excluding hydrogens is 421 g/mol. The Morgan fingerprint density at radius 3 is 2.52 bits per heavy atom. The summed E-state index contributed by atoms with van der Waals surface area (Å²) in [6.07, 6.45) is 2.17. The lowest BCUT2D eigenvalue weighted by atomic mass is 9.93. The quantitative estimate of drug-likeness (QED) is 0.451. The third kappa shape index (κ3) is 3.53. The van der Waals surface area contributed by atoms with Crippen LogP contribution in [0.25, 0.3) is 11.0 Å². The monoisotopic (exact) mass is 439 g/mol. The first kappa shape index (κ1) is 18.6. The van der Waals surface area contributed by atoms with Crippen LogP contribution in [-0.2, 0) is 7.05 Å². The van der Waals surface area contributed by atoms with Crippen molar-refractivity contribution in [3.8, 4) is 0 Å². The number of halogens is 3. The van der Waals surface area contributed by atoms with E-state index < -0.39 is 0 Å². The number of hydrogen-bond donors (Lipinski definition) is 1. The van der Waals surface area contributed by atoms with E-state index in [1.54, 1.807) is 0 Å². The fraction of sp³-hybridized carbons (Fsp3) is 0.316. The zero-order chi connectivity index (χ0) is 18.1. The molecule has 0 unspecified atom stereocenters. The molecular formula is C19H20BrCl2N3. The Hall–Kier alpha value is -1.23. The van der Waals surface area contributed by atoms with Gasteiger partial charge in [-0.2, -0.15) is 0 Å². The number of fused-ring (bicyclic) bond motifs is 1. The molecule has 25 heavy (non-hydrogen) atoms. The largest absolute Gasteiger partial charge is 0.325 e. The molecule has 2 aromatic carbocycles. The molecule has 0 saturated carbocycles. The van der Waals surface area contributed by atoms with Gasteiger partial charge in [-0.1, -0.05) is 43.1 Å². The van der Waals surface area contributed by atoms with E-state index in [0.29, 0.717) is 16.0 Å². The second-order valence-electron chi connectivity index (χ2n) is 6.09. The first-order valence-electron chi connectivity index (χ1n) is 8.33. The van der Waals surface area contributed by atoms with Crippen LogP contribution in [0.15, 0.2) is 34.8 Å². The van der Waals surface area contributed by atoms with Gasteiger partial charge in [-0.05, 0) is 64.5 Å². The Morgan fingerprint density at radius 2 is 1.88 bits per heavy atom. The molecule has 0 aliphatic carbocycles. The molecule has 0 spiro atoms. The molecule has 3 rings (SSSR count). The zero-order valence-corrected chi connectivity index (χ0v) is 17.5. The number of aromatic nitrogens is 2. The average Bonchev–Trinajstić information content (AvgIpc) is 2.91. The Morgan fingerprint density at radius 1 is 1.16 bits per heavy atom. The maximum atomic E-state index is 6.43. The predicted octanol–water partition coefficient (Wildman–Crippen LogP) is 7.29. The molecule has 1 aromatic heterocycles. The summed E-state index contributed by atoms with van der Waals surface area (Å²) in [7, 11) is 2.02. The summed E-state index contributed by atoms with van der Waals surface area (Å²) in [6.45, 7) is 4.43. The van der Waals surface area contributed by atoms with Gasteiger partial charge in [0.05, 0.1) is 16.2 Å². The van der Waals surface area contributed by atoms with E-state index in [-0.39, 0.29) is 0 Å². The van der Waals surface area contributed by atoms with Crippen LogP contribution < -0.4 is 5.32 Å². The standard InChI is InChI=1S/C19H20BrCl2N3/c1-4-11(5-2)13-7-8-15(22)17-18(13)25(3)19(24-17)23-16-9-6-12(21)10-14(16)20/h6-11H,4-5H2,1-3H3,(H,23,24). The molecule has 0 aliphatic rings. The highest BCUT2D eigenvalue weighted by atomic mass is 79.9. The normalized spacial score (nSPS) is 11.5. The highest BCUT2D eigenvalue weighted by Gasteiger charge is 2.19. The van der Waals surface area contributed by atoms with E-state index in [9.17, 15) is 0 Å². The number of nitrogens with one attached hydrogen (secondary N) is 1. The predicted molar refractivity (Wildman–Crippen MR) is 111 cm³/mol. The minimum Gasteiger partial charge on any atom is -0.325 e. The Balaban J connectivity index is 2.13. The zero-order valence-electron chi connectivity index (χ0n) is 14.4. The van der Waals surface area contributed by atoms with Crippen molar-refractivity contribution >= 4 is 61.8 Å². The summed E-state index contributed by atoms with van der Waals surface area (Å²) in [5.41, 5.74) is 4.13. The van der Waals surface area contributed by atoms with Gasteiger partial charge in [-0.15, -0.1) is 0 Å². The lowest BCUT2D eigenvalue weighted by Gasteiger charge is -2.16. The van der Waals surface area contributed by atoms with Crippen LogP contribution in [0.3, 0.4) is 0 Å². The lowest BCUT2D eigenvalue weighted by molar-refractivity contribution is 0.643. The van der Waals surface area contributed by atoms with Crippen molar-refractivity contribution in [2.45, 2.75) is 32.6 Å². The Labute approximate surface area is 166 Å². The summed E-state index contributed by atoms with van der Waals surface area (Å²) in [4.78, 5) is 4.75. The molecule has 0 aliphatic heterocycles. The van der Waals surface area contributed by atoms with E-state index in [0.717, 1.165) is 40.0 Å². The van der Waals surface area contributed by atoms with Gasteiger partial charge in [0.15, 0.2) is 0 Å². The molecule has 3 aromatic rings. The molecule has 0 bridgehead atoms. The van der Waals surface area contributed by atoms with Crippen LogP contribution in [0.1, 0.15) is 38.2 Å². The van der Waals surface area contributed by atoms with Crippen molar-refractivity contribution in [3.05, 3.63) is 50.4 Å². The third-order valence-corrected chi connectivity index (χ3v) is 5.80. The van der Waals surface area contributed by atoms with E-state index in [1.165, 1.54) is 5.56 Å². The van der Waals surface area contributed by atoms with Crippen molar-refractivity contribution in [1.82, 2.24) is 9.55 Å². The fourth-order valence-corrected chi connectivity index (χ4v) is 4.17. The van der Waals surface area contributed by atoms with Gasteiger partial charge in [0.2, 0.25) is 5.95 Å². The van der Waals surface area contributed by atoms with Crippen LogP contribution in [0.2, 0.25) is 10.0 Å². The Kier molecular flexibility index (Phi) is 5.62. The lowest BCUT2D eigenvalue weighted by Crippen LogP contribution is -2.03. The summed E-state index contributed by atoms with van der Waals surface area (Å²) in [5.74, 6) is 1.24. The minimum atomic E-state index is 0.491. The third-order valence-electron chi connectivity index (χ3n) is 4.61. The van der Waals surface area contributed by atoms with E-state index in [1.807, 2.05) is 31.3 Å². The molecule has 1 heterocycles. The molecule has 0 amide bonds. The number of hydrogen-bond acceptors (Lipinski definition) is 2. The van der Waals surface area contributed by atoms with Gasteiger partial charge in [-0.25, -0.2) is 4.98 Å². The van der Waals surface area contributed by atoms with Crippen molar-refractivity contribution in [2.75, 3.05) is 5.32 Å². The van der Waals surface area contributed by atoms with Gasteiger partial charge >= 0.3 is 0 Å². The van der Waals surface area contributed by atoms with E-state index >= 15 is 0 Å². The smallest absolute Gasteiger partial charge is 0.208 e. The van der Waals surface area contributed by atoms with Crippen LogP contribution in [-0.4, -0.2) is 9.55 Å². The number of rotatable bonds is 5. The van der Waals surface area contributed by atoms with Gasteiger partial charge in [0.1, 0.15) is 5.52 Å². The number of aryl methyl sites for hydroxylation is 1. The van der Waals surface area contributed by atoms with Crippen molar-refractivity contribution in [3.63, 3.8) is 0 Å². The second-order valence-corrected chi connectivity index (χ2v) is 7.79. The van der Waals surface area contributed by atoms with Crippen molar-refractivity contribution in [1.29, 1.82) is 0 Å². The molecule has 3 nitrogen and oxygen atoms in total. The maximum Gasteiger partial charge on any atom is 0.208 e. The second kappa shape index (κ2) is 7.56. The molecule has 0 atom stereocenters. The Bertz CT molecular complexity index is 917. The number of benzene rings is 2. The van der Waals surface area contributed by atoms with Crippen LogP contribution in [0.5, 0.6) is 0 Å². The van der Waals surface area contributed by atoms with Crippen LogP contribution in [0.4, 0.5) is 11.6 Å². The van der Waals surface area contributed by atoms with Gasteiger partial charge < -0.3 is 9.88 Å². The van der Waals surface area contributed by atoms with Crippen LogP contribution in [0, 0.1) is 0 Å². The topological polar surface area (TPSA) is 29.9 Å². The summed E-state index contributed by atoms with van der Waals surface area (Å²) >= 11 is 16.0. The van der Waals surface area contributed by atoms with Crippen LogP contribution >= 0.6 is 39.1 Å². The van der Waals surface area contributed by atoms with Gasteiger partial charge in [-0.3, -0.25) is 0 Å². The molecule has 1 N–H and O–H groups in total. The number of nitrogens with zero attached hydrogens (tertiary/aromatic N) is 2. The summed E-state index contributed by atoms with van der Waals surface area (Å²) in [6, 6.07) is 9.71. The minimum absolute atomic E-state index is 0.491. The summed E-state index contributed by atoms with van der Waals surface area (Å²) in [5, 5.41) is 4.73. The number of anilines is 2. The van der Waals surface area contributed by atoms with Gasteiger partial charge in [0, 0.05) is 16.5 Å². The number of imidazole rings is 1. The molecule has 6 heteroatoms. The average molecular weight is 441 g/mol. The SMILES string of the molecule is CCC(CC)c1ccc(Cl)c2nc(Nc3ccc(Cl)cc3Br)n(C)c12. The summed E-state index contributed by atoms with van der Waals surface area (Å²) < 4.78 is 2.97.